The van der Waals surface area contributed by atoms with Crippen LogP contribution in [0.25, 0.3) is 0 Å². The molecule has 1 amide bonds. The summed E-state index contributed by atoms with van der Waals surface area (Å²) in [6.45, 7) is 5.75. The van der Waals surface area contributed by atoms with Crippen molar-refractivity contribution < 1.29 is 9.53 Å². The summed E-state index contributed by atoms with van der Waals surface area (Å²) in [6, 6.07) is 8.26. The quantitative estimate of drug-likeness (QED) is 0.814. The minimum atomic E-state index is -0.388. The highest BCUT2D eigenvalue weighted by molar-refractivity contribution is 5.88. The Hall–Kier alpha value is -1.55. The first-order valence-electron chi connectivity index (χ1n) is 8.28. The molecule has 4 nitrogen and oxygen atoms in total. The maximum atomic E-state index is 12.9. The topological polar surface area (TPSA) is 50.4 Å². The summed E-state index contributed by atoms with van der Waals surface area (Å²) in [4.78, 5) is 12.9. The zero-order valence-electron chi connectivity index (χ0n) is 13.9. The number of benzene rings is 1. The number of rotatable bonds is 7. The zero-order chi connectivity index (χ0) is 16.0. The Balaban J connectivity index is 2.15. The molecule has 1 fully saturated rings. The van der Waals surface area contributed by atoms with E-state index in [1.165, 1.54) is 0 Å². The third-order valence-corrected chi connectivity index (χ3v) is 4.64. The van der Waals surface area contributed by atoms with Gasteiger partial charge in [-0.15, -0.1) is 0 Å². The number of amides is 1. The van der Waals surface area contributed by atoms with Gasteiger partial charge in [-0.3, -0.25) is 4.79 Å². The van der Waals surface area contributed by atoms with Crippen molar-refractivity contribution in [3.63, 3.8) is 0 Å². The molecular formula is C18H28N2O2. The van der Waals surface area contributed by atoms with E-state index in [0.717, 1.165) is 43.5 Å². The smallest absolute Gasteiger partial charge is 0.230 e. The molecule has 0 spiro atoms. The van der Waals surface area contributed by atoms with Gasteiger partial charge in [0, 0.05) is 12.6 Å². The molecule has 0 saturated heterocycles. The van der Waals surface area contributed by atoms with Crippen molar-refractivity contribution >= 4 is 5.91 Å². The van der Waals surface area contributed by atoms with Crippen LogP contribution in [0.5, 0.6) is 5.75 Å². The molecule has 2 rings (SSSR count). The summed E-state index contributed by atoms with van der Waals surface area (Å²) in [7, 11) is 1.67. The van der Waals surface area contributed by atoms with Crippen LogP contribution in [-0.4, -0.2) is 32.1 Å². The van der Waals surface area contributed by atoms with E-state index in [2.05, 4.69) is 30.5 Å². The monoisotopic (exact) mass is 304 g/mol. The second kappa shape index (κ2) is 7.63. The fourth-order valence-corrected chi connectivity index (χ4v) is 3.38. The van der Waals surface area contributed by atoms with Gasteiger partial charge in [0.2, 0.25) is 5.91 Å². The van der Waals surface area contributed by atoms with Gasteiger partial charge in [-0.05, 0) is 44.0 Å². The minimum Gasteiger partial charge on any atom is -0.497 e. The first-order chi connectivity index (χ1) is 10.6. The molecule has 0 unspecified atom stereocenters. The number of methoxy groups -OCH3 is 1. The van der Waals surface area contributed by atoms with Gasteiger partial charge >= 0.3 is 0 Å². The van der Waals surface area contributed by atoms with Gasteiger partial charge in [0.15, 0.2) is 0 Å². The molecular weight excluding hydrogens is 276 g/mol. The van der Waals surface area contributed by atoms with Crippen molar-refractivity contribution in [2.24, 2.45) is 0 Å². The Kier molecular flexibility index (Phi) is 5.83. The van der Waals surface area contributed by atoms with E-state index >= 15 is 0 Å². The fraction of sp³-hybridized carbons (Fsp3) is 0.611. The van der Waals surface area contributed by atoms with Crippen LogP contribution in [-0.2, 0) is 10.2 Å². The Labute approximate surface area is 133 Å². The highest BCUT2D eigenvalue weighted by Crippen LogP contribution is 2.42. The van der Waals surface area contributed by atoms with Crippen molar-refractivity contribution in [2.75, 3.05) is 20.2 Å². The maximum Gasteiger partial charge on any atom is 0.230 e. The van der Waals surface area contributed by atoms with E-state index in [1.54, 1.807) is 7.11 Å². The predicted molar refractivity (Wildman–Crippen MR) is 89.3 cm³/mol. The standard InChI is InChI=1S/C18H28N2O2/c1-4-19-14(2)13-20-17(21)18(10-5-6-11-18)15-8-7-9-16(12-15)22-3/h7-9,12,14,19H,4-6,10-11,13H2,1-3H3,(H,20,21)/t14-/m1/s1. The molecule has 122 valence electrons. The molecule has 0 aromatic heterocycles. The van der Waals surface area contributed by atoms with Gasteiger partial charge in [0.1, 0.15) is 5.75 Å². The lowest BCUT2D eigenvalue weighted by Crippen LogP contribution is -2.47. The number of hydrogen-bond donors (Lipinski definition) is 2. The first-order valence-corrected chi connectivity index (χ1v) is 8.28. The van der Waals surface area contributed by atoms with E-state index in [0.29, 0.717) is 6.54 Å². The number of carbonyl (C=O) groups excluding carboxylic acids is 1. The molecule has 22 heavy (non-hydrogen) atoms. The summed E-state index contributed by atoms with van der Waals surface area (Å²) in [5, 5.41) is 6.47. The number of nitrogens with one attached hydrogen (secondary N) is 2. The van der Waals surface area contributed by atoms with E-state index < -0.39 is 0 Å². The highest BCUT2D eigenvalue weighted by atomic mass is 16.5. The maximum absolute atomic E-state index is 12.9. The van der Waals surface area contributed by atoms with Crippen molar-refractivity contribution in [3.05, 3.63) is 29.8 Å². The Morgan fingerprint density at radius 1 is 1.36 bits per heavy atom. The van der Waals surface area contributed by atoms with Crippen LogP contribution >= 0.6 is 0 Å². The molecule has 0 bridgehead atoms. The SMILES string of the molecule is CCN[C@H](C)CNC(=O)C1(c2cccc(OC)c2)CCCC1. The van der Waals surface area contributed by atoms with E-state index in [9.17, 15) is 4.79 Å². The zero-order valence-corrected chi connectivity index (χ0v) is 13.9. The molecule has 4 heteroatoms. The average molecular weight is 304 g/mol. The average Bonchev–Trinajstić information content (AvgIpc) is 3.04. The van der Waals surface area contributed by atoms with E-state index in [4.69, 9.17) is 4.74 Å². The minimum absolute atomic E-state index is 0.156. The lowest BCUT2D eigenvalue weighted by atomic mass is 9.78. The molecule has 0 aliphatic heterocycles. The molecule has 1 atom stereocenters. The van der Waals surface area contributed by atoms with Gasteiger partial charge in [-0.1, -0.05) is 31.9 Å². The summed E-state index contributed by atoms with van der Waals surface area (Å²) < 4.78 is 5.33. The predicted octanol–water partition coefficient (Wildman–Crippen LogP) is 2.62. The fourth-order valence-electron chi connectivity index (χ4n) is 3.38. The molecule has 1 saturated carbocycles. The second-order valence-corrected chi connectivity index (χ2v) is 6.19. The van der Waals surface area contributed by atoms with Crippen LogP contribution in [0, 0.1) is 0 Å². The molecule has 2 N–H and O–H groups in total. The third-order valence-electron chi connectivity index (χ3n) is 4.64. The van der Waals surface area contributed by atoms with Gasteiger partial charge in [0.25, 0.3) is 0 Å². The van der Waals surface area contributed by atoms with Gasteiger partial charge in [-0.25, -0.2) is 0 Å². The highest BCUT2D eigenvalue weighted by Gasteiger charge is 2.42. The summed E-state index contributed by atoms with van der Waals surface area (Å²) in [6.07, 6.45) is 4.05. The van der Waals surface area contributed by atoms with Crippen LogP contribution in [0.3, 0.4) is 0 Å². The summed E-state index contributed by atoms with van der Waals surface area (Å²) >= 11 is 0. The molecule has 1 aliphatic rings. The largest absolute Gasteiger partial charge is 0.497 e. The molecule has 1 aromatic rings. The van der Waals surface area contributed by atoms with Crippen LogP contribution < -0.4 is 15.4 Å². The van der Waals surface area contributed by atoms with Crippen LogP contribution in [0.15, 0.2) is 24.3 Å². The molecule has 0 radical (unpaired) electrons. The first kappa shape index (κ1) is 16.8. The molecule has 1 aromatic carbocycles. The number of likely N-dealkylation sites (N-methyl/N-ethyl adjacent to an activating group) is 1. The Bertz CT molecular complexity index is 496. The normalized spacial score (nSPS) is 18.0. The van der Waals surface area contributed by atoms with Crippen LogP contribution in [0.1, 0.15) is 45.1 Å². The number of carbonyl (C=O) groups is 1. The lowest BCUT2D eigenvalue weighted by molar-refractivity contribution is -0.126. The van der Waals surface area contributed by atoms with Crippen molar-refractivity contribution in [1.82, 2.24) is 10.6 Å². The Morgan fingerprint density at radius 2 is 2.09 bits per heavy atom. The third kappa shape index (κ3) is 3.61. The second-order valence-electron chi connectivity index (χ2n) is 6.19. The Morgan fingerprint density at radius 3 is 2.73 bits per heavy atom. The van der Waals surface area contributed by atoms with E-state index in [-0.39, 0.29) is 17.4 Å². The van der Waals surface area contributed by atoms with Gasteiger partial charge in [0.05, 0.1) is 12.5 Å². The molecule has 1 aliphatic carbocycles. The van der Waals surface area contributed by atoms with Crippen molar-refractivity contribution in [3.8, 4) is 5.75 Å². The van der Waals surface area contributed by atoms with Crippen LogP contribution in [0.4, 0.5) is 0 Å². The lowest BCUT2D eigenvalue weighted by Gasteiger charge is -2.29. The number of ether oxygens (including phenoxy) is 1. The van der Waals surface area contributed by atoms with Crippen molar-refractivity contribution in [2.45, 2.75) is 51.0 Å². The van der Waals surface area contributed by atoms with Crippen molar-refractivity contribution in [1.29, 1.82) is 0 Å². The van der Waals surface area contributed by atoms with Gasteiger partial charge < -0.3 is 15.4 Å². The summed E-state index contributed by atoms with van der Waals surface area (Å²) in [5.74, 6) is 0.973. The molecule has 0 heterocycles. The van der Waals surface area contributed by atoms with E-state index in [1.807, 2.05) is 18.2 Å². The summed E-state index contributed by atoms with van der Waals surface area (Å²) in [5.41, 5.74) is 0.693. The number of hydrogen-bond acceptors (Lipinski definition) is 3. The van der Waals surface area contributed by atoms with Gasteiger partial charge in [-0.2, -0.15) is 0 Å². The van der Waals surface area contributed by atoms with Crippen LogP contribution in [0.2, 0.25) is 0 Å².